The van der Waals surface area contributed by atoms with Gasteiger partial charge in [-0.15, -0.1) is 0 Å². The standard InChI is InChI=1S/C18H27N3O6/c1-11(23)20-15-17(26-10-12-5-3-2-4-6-12)16(25)13(9-22)27-18(15)21-14(24)7-8-19/h2-6,13,15-18,22,25H,7-10,19H2,1H3,(H,20,23)(H,21,24)/t13-,15-,16-,17-,18?/m1/s1. The summed E-state index contributed by atoms with van der Waals surface area (Å²) in [6, 6.07) is 8.48. The average Bonchev–Trinajstić information content (AvgIpc) is 2.64. The van der Waals surface area contributed by atoms with Crippen molar-refractivity contribution in [1.29, 1.82) is 0 Å². The van der Waals surface area contributed by atoms with Gasteiger partial charge in [0.2, 0.25) is 11.8 Å². The van der Waals surface area contributed by atoms with Gasteiger partial charge in [0.15, 0.2) is 6.23 Å². The number of benzene rings is 1. The first kappa shape index (κ1) is 21.3. The number of nitrogens with one attached hydrogen (secondary N) is 2. The fourth-order valence-electron chi connectivity index (χ4n) is 2.95. The number of aliphatic hydroxyl groups excluding tert-OH is 2. The molecule has 0 saturated carbocycles. The molecule has 1 aliphatic heterocycles. The first-order valence-electron chi connectivity index (χ1n) is 8.82. The molecule has 9 nitrogen and oxygen atoms in total. The van der Waals surface area contributed by atoms with Crippen LogP contribution >= 0.6 is 0 Å². The fraction of sp³-hybridized carbons (Fsp3) is 0.556. The predicted molar refractivity (Wildman–Crippen MR) is 96.2 cm³/mol. The number of carbonyl (C=O) groups is 2. The molecule has 0 aliphatic carbocycles. The highest BCUT2D eigenvalue weighted by Gasteiger charge is 2.46. The summed E-state index contributed by atoms with van der Waals surface area (Å²) in [5.74, 6) is -0.739. The van der Waals surface area contributed by atoms with Crippen LogP contribution in [0.4, 0.5) is 0 Å². The van der Waals surface area contributed by atoms with Crippen molar-refractivity contribution < 1.29 is 29.3 Å². The van der Waals surface area contributed by atoms with Crippen LogP contribution < -0.4 is 16.4 Å². The second-order valence-electron chi connectivity index (χ2n) is 6.36. The van der Waals surface area contributed by atoms with Gasteiger partial charge in [-0.3, -0.25) is 9.59 Å². The maximum Gasteiger partial charge on any atom is 0.223 e. The van der Waals surface area contributed by atoms with Crippen LogP contribution in [0.3, 0.4) is 0 Å². The Morgan fingerprint density at radius 1 is 1.26 bits per heavy atom. The van der Waals surface area contributed by atoms with E-state index in [2.05, 4.69) is 10.6 Å². The van der Waals surface area contributed by atoms with Crippen LogP contribution in [0.2, 0.25) is 0 Å². The summed E-state index contributed by atoms with van der Waals surface area (Å²) in [5.41, 5.74) is 6.27. The number of nitrogens with two attached hydrogens (primary N) is 1. The van der Waals surface area contributed by atoms with Crippen molar-refractivity contribution in [2.45, 2.75) is 50.5 Å². The first-order chi connectivity index (χ1) is 13.0. The molecule has 9 heteroatoms. The molecule has 1 unspecified atom stereocenters. The van der Waals surface area contributed by atoms with Gasteiger partial charge in [0.1, 0.15) is 24.4 Å². The van der Waals surface area contributed by atoms with Gasteiger partial charge in [0.05, 0.1) is 13.2 Å². The highest BCUT2D eigenvalue weighted by molar-refractivity contribution is 5.77. The summed E-state index contributed by atoms with van der Waals surface area (Å²) in [7, 11) is 0. The van der Waals surface area contributed by atoms with Gasteiger partial charge in [-0.2, -0.15) is 0 Å². The van der Waals surface area contributed by atoms with Crippen molar-refractivity contribution in [3.8, 4) is 0 Å². The van der Waals surface area contributed by atoms with E-state index in [1.807, 2.05) is 30.3 Å². The Morgan fingerprint density at radius 3 is 2.56 bits per heavy atom. The van der Waals surface area contributed by atoms with Crippen LogP contribution in [0.5, 0.6) is 0 Å². The Hall–Kier alpha value is -2.04. The van der Waals surface area contributed by atoms with E-state index < -0.39 is 37.2 Å². The quantitative estimate of drug-likeness (QED) is 0.373. The fourth-order valence-corrected chi connectivity index (χ4v) is 2.95. The Morgan fingerprint density at radius 2 is 1.96 bits per heavy atom. The van der Waals surface area contributed by atoms with Crippen LogP contribution in [-0.2, 0) is 25.7 Å². The van der Waals surface area contributed by atoms with Crippen LogP contribution in [0.1, 0.15) is 18.9 Å². The molecule has 1 saturated heterocycles. The van der Waals surface area contributed by atoms with E-state index in [-0.39, 0.29) is 31.4 Å². The molecule has 2 amide bonds. The van der Waals surface area contributed by atoms with Gasteiger partial charge in [-0.1, -0.05) is 30.3 Å². The summed E-state index contributed by atoms with van der Waals surface area (Å²) in [6.45, 7) is 1.18. The van der Waals surface area contributed by atoms with Crippen molar-refractivity contribution >= 4 is 11.8 Å². The Balaban J connectivity index is 2.20. The minimum atomic E-state index is -1.20. The van der Waals surface area contributed by atoms with E-state index in [1.165, 1.54) is 6.92 Å². The van der Waals surface area contributed by atoms with E-state index >= 15 is 0 Å². The van der Waals surface area contributed by atoms with Crippen molar-refractivity contribution in [1.82, 2.24) is 10.6 Å². The van der Waals surface area contributed by atoms with Crippen molar-refractivity contribution in [2.24, 2.45) is 5.73 Å². The minimum absolute atomic E-state index is 0.0779. The van der Waals surface area contributed by atoms with Crippen LogP contribution in [-0.4, -0.2) is 65.8 Å². The lowest BCUT2D eigenvalue weighted by Crippen LogP contribution is -2.68. The molecule has 6 N–H and O–H groups in total. The van der Waals surface area contributed by atoms with E-state index in [1.54, 1.807) is 0 Å². The molecule has 1 aromatic carbocycles. The SMILES string of the molecule is CC(=O)N[C@H]1C(NC(=O)CCN)O[C@H](CO)[C@@H](O)[C@@H]1OCc1ccccc1. The third kappa shape index (κ3) is 5.98. The number of hydrogen-bond acceptors (Lipinski definition) is 7. The summed E-state index contributed by atoms with van der Waals surface area (Å²) in [6.07, 6.45) is -3.97. The molecule has 0 radical (unpaired) electrons. The number of hydrogen-bond donors (Lipinski definition) is 5. The topological polar surface area (TPSA) is 143 Å². The molecule has 27 heavy (non-hydrogen) atoms. The molecule has 0 spiro atoms. The largest absolute Gasteiger partial charge is 0.394 e. The normalized spacial score (nSPS) is 27.8. The zero-order chi connectivity index (χ0) is 19.8. The molecule has 1 heterocycles. The van der Waals surface area contributed by atoms with Gasteiger partial charge < -0.3 is 36.1 Å². The monoisotopic (exact) mass is 381 g/mol. The summed E-state index contributed by atoms with van der Waals surface area (Å²) >= 11 is 0. The Kier molecular flexibility index (Phi) is 8.14. The summed E-state index contributed by atoms with van der Waals surface area (Å²) < 4.78 is 11.5. The molecule has 5 atom stereocenters. The molecule has 0 aromatic heterocycles. The van der Waals surface area contributed by atoms with Crippen molar-refractivity contribution in [3.05, 3.63) is 35.9 Å². The van der Waals surface area contributed by atoms with Crippen LogP contribution in [0, 0.1) is 0 Å². The molecule has 1 aliphatic rings. The number of aliphatic hydroxyl groups is 2. The first-order valence-corrected chi connectivity index (χ1v) is 8.82. The Labute approximate surface area is 157 Å². The van der Waals surface area contributed by atoms with Gasteiger partial charge in [-0.25, -0.2) is 0 Å². The van der Waals surface area contributed by atoms with Crippen molar-refractivity contribution in [3.63, 3.8) is 0 Å². The zero-order valence-electron chi connectivity index (χ0n) is 15.2. The van der Waals surface area contributed by atoms with E-state index in [0.29, 0.717) is 0 Å². The third-order valence-corrected chi connectivity index (χ3v) is 4.23. The van der Waals surface area contributed by atoms with Gasteiger partial charge >= 0.3 is 0 Å². The maximum atomic E-state index is 12.0. The highest BCUT2D eigenvalue weighted by atomic mass is 16.6. The van der Waals surface area contributed by atoms with E-state index in [4.69, 9.17) is 15.2 Å². The van der Waals surface area contributed by atoms with Gasteiger partial charge in [0.25, 0.3) is 0 Å². The average molecular weight is 381 g/mol. The molecule has 150 valence electrons. The lowest BCUT2D eigenvalue weighted by molar-refractivity contribution is -0.217. The van der Waals surface area contributed by atoms with E-state index in [9.17, 15) is 19.8 Å². The lowest BCUT2D eigenvalue weighted by atomic mass is 9.95. The Bertz CT molecular complexity index is 614. The van der Waals surface area contributed by atoms with E-state index in [0.717, 1.165) is 5.56 Å². The summed E-state index contributed by atoms with van der Waals surface area (Å²) in [4.78, 5) is 23.6. The maximum absolute atomic E-state index is 12.0. The van der Waals surface area contributed by atoms with Crippen molar-refractivity contribution in [2.75, 3.05) is 13.2 Å². The second-order valence-corrected chi connectivity index (χ2v) is 6.36. The number of carbonyl (C=O) groups excluding carboxylic acids is 2. The number of rotatable bonds is 8. The van der Waals surface area contributed by atoms with Crippen LogP contribution in [0.25, 0.3) is 0 Å². The summed E-state index contributed by atoms with van der Waals surface area (Å²) in [5, 5.41) is 25.4. The molecule has 0 bridgehead atoms. The molecular formula is C18H27N3O6. The lowest BCUT2D eigenvalue weighted by Gasteiger charge is -2.44. The highest BCUT2D eigenvalue weighted by Crippen LogP contribution is 2.24. The third-order valence-electron chi connectivity index (χ3n) is 4.23. The molecular weight excluding hydrogens is 354 g/mol. The zero-order valence-corrected chi connectivity index (χ0v) is 15.2. The molecule has 1 aromatic rings. The number of amides is 2. The smallest absolute Gasteiger partial charge is 0.223 e. The van der Waals surface area contributed by atoms with Crippen LogP contribution in [0.15, 0.2) is 30.3 Å². The number of ether oxygens (including phenoxy) is 2. The second kappa shape index (κ2) is 10.3. The van der Waals surface area contributed by atoms with Gasteiger partial charge in [0, 0.05) is 19.9 Å². The molecule has 1 fully saturated rings. The molecule has 2 rings (SSSR count). The predicted octanol–water partition coefficient (Wildman–Crippen LogP) is -1.38. The minimum Gasteiger partial charge on any atom is -0.394 e. The van der Waals surface area contributed by atoms with Gasteiger partial charge in [-0.05, 0) is 5.56 Å².